The molecule has 1 unspecified atom stereocenters. The van der Waals surface area contributed by atoms with Crippen LogP contribution in [0.2, 0.25) is 0 Å². The van der Waals surface area contributed by atoms with E-state index in [-0.39, 0.29) is 23.9 Å². The van der Waals surface area contributed by atoms with Gasteiger partial charge in [-0.3, -0.25) is 9.59 Å². The van der Waals surface area contributed by atoms with Gasteiger partial charge in [0.05, 0.1) is 0 Å². The topological polar surface area (TPSA) is 90.5 Å². The van der Waals surface area contributed by atoms with Crippen LogP contribution in [0.15, 0.2) is 54.6 Å². The Balaban J connectivity index is 1.51. The molecule has 1 fully saturated rings. The van der Waals surface area contributed by atoms with Crippen molar-refractivity contribution in [2.24, 2.45) is 0 Å². The highest BCUT2D eigenvalue weighted by molar-refractivity contribution is 5.89. The number of carbonyl (C=O) groups is 3. The Labute approximate surface area is 183 Å². The monoisotopic (exact) mass is 422 g/mol. The molecule has 0 radical (unpaired) electrons. The van der Waals surface area contributed by atoms with Gasteiger partial charge in [0.1, 0.15) is 6.04 Å². The molecule has 164 valence electrons. The van der Waals surface area contributed by atoms with Crippen LogP contribution in [-0.4, -0.2) is 47.9 Å². The van der Waals surface area contributed by atoms with Gasteiger partial charge in [-0.2, -0.15) is 0 Å². The fraction of sp³-hybridized carbons (Fsp3) is 0.375. The summed E-state index contributed by atoms with van der Waals surface area (Å²) in [5, 5.41) is 8.70. The second-order valence-electron chi connectivity index (χ2n) is 8.01. The summed E-state index contributed by atoms with van der Waals surface area (Å²) in [4.78, 5) is 38.7. The highest BCUT2D eigenvalue weighted by Crippen LogP contribution is 2.14. The van der Waals surface area contributed by atoms with E-state index in [1.54, 1.807) is 4.90 Å². The first kappa shape index (κ1) is 22.3. The van der Waals surface area contributed by atoms with Crippen molar-refractivity contribution in [2.75, 3.05) is 18.4 Å². The van der Waals surface area contributed by atoms with Crippen molar-refractivity contribution >= 4 is 23.5 Å². The molecule has 1 saturated heterocycles. The van der Waals surface area contributed by atoms with Crippen LogP contribution in [0, 0.1) is 6.92 Å². The van der Waals surface area contributed by atoms with Gasteiger partial charge in [-0.15, -0.1) is 0 Å². The molecule has 1 atom stereocenters. The van der Waals surface area contributed by atoms with Gasteiger partial charge in [-0.05, 0) is 37.5 Å². The van der Waals surface area contributed by atoms with Gasteiger partial charge >= 0.3 is 6.03 Å². The molecule has 2 aromatic carbocycles. The molecule has 7 nitrogen and oxygen atoms in total. The number of nitrogens with one attached hydrogen (secondary N) is 3. The van der Waals surface area contributed by atoms with E-state index in [2.05, 4.69) is 16.0 Å². The number of carbonyl (C=O) groups excluding carboxylic acids is 3. The highest BCUT2D eigenvalue weighted by Gasteiger charge is 2.27. The molecule has 1 aliphatic heterocycles. The number of aryl methyl sites for hydroxylation is 1. The maximum absolute atomic E-state index is 12.9. The van der Waals surface area contributed by atoms with E-state index in [4.69, 9.17) is 0 Å². The third kappa shape index (κ3) is 6.84. The second kappa shape index (κ2) is 10.6. The largest absolute Gasteiger partial charge is 0.351 e. The maximum Gasteiger partial charge on any atom is 0.321 e. The summed E-state index contributed by atoms with van der Waals surface area (Å²) < 4.78 is 0. The maximum atomic E-state index is 12.9. The lowest BCUT2D eigenvalue weighted by atomic mass is 10.0. The van der Waals surface area contributed by atoms with Crippen LogP contribution in [-0.2, 0) is 16.0 Å². The molecule has 0 aliphatic carbocycles. The first-order valence-electron chi connectivity index (χ1n) is 10.6. The third-order valence-corrected chi connectivity index (χ3v) is 5.41. The number of hydrogen-bond donors (Lipinski definition) is 3. The number of urea groups is 1. The Morgan fingerprint density at radius 2 is 1.65 bits per heavy atom. The van der Waals surface area contributed by atoms with E-state index in [1.807, 2.05) is 61.5 Å². The van der Waals surface area contributed by atoms with Crippen molar-refractivity contribution in [1.29, 1.82) is 0 Å². The number of rotatable bonds is 6. The Morgan fingerprint density at radius 1 is 1.00 bits per heavy atom. The highest BCUT2D eigenvalue weighted by atomic mass is 16.2. The van der Waals surface area contributed by atoms with Gasteiger partial charge in [0.2, 0.25) is 11.8 Å². The minimum Gasteiger partial charge on any atom is -0.351 e. The zero-order valence-electron chi connectivity index (χ0n) is 18.1. The second-order valence-corrected chi connectivity index (χ2v) is 8.01. The molecular formula is C24H30N4O3. The molecule has 3 N–H and O–H groups in total. The smallest absolute Gasteiger partial charge is 0.321 e. The van der Waals surface area contributed by atoms with Gasteiger partial charge in [0.15, 0.2) is 0 Å². The molecule has 0 saturated carbocycles. The Hall–Kier alpha value is -3.35. The Morgan fingerprint density at radius 3 is 2.26 bits per heavy atom. The third-order valence-electron chi connectivity index (χ3n) is 5.41. The summed E-state index contributed by atoms with van der Waals surface area (Å²) in [5.74, 6) is -0.428. The van der Waals surface area contributed by atoms with Crippen molar-refractivity contribution in [2.45, 2.75) is 45.2 Å². The van der Waals surface area contributed by atoms with Crippen molar-refractivity contribution in [1.82, 2.24) is 15.5 Å². The fourth-order valence-electron chi connectivity index (χ4n) is 3.67. The molecule has 3 rings (SSSR count). The molecule has 4 amide bonds. The van der Waals surface area contributed by atoms with Crippen LogP contribution in [0.1, 0.15) is 30.9 Å². The van der Waals surface area contributed by atoms with Crippen molar-refractivity contribution in [3.63, 3.8) is 0 Å². The molecule has 31 heavy (non-hydrogen) atoms. The summed E-state index contributed by atoms with van der Waals surface area (Å²) >= 11 is 0. The molecule has 0 bridgehead atoms. The average Bonchev–Trinajstić information content (AvgIpc) is 2.75. The van der Waals surface area contributed by atoms with Gasteiger partial charge in [-0.25, -0.2) is 4.79 Å². The van der Waals surface area contributed by atoms with E-state index in [0.29, 0.717) is 32.4 Å². The number of hydrogen-bond acceptors (Lipinski definition) is 3. The van der Waals surface area contributed by atoms with E-state index in [9.17, 15) is 14.4 Å². The molecule has 1 heterocycles. The molecule has 0 aromatic heterocycles. The lowest BCUT2D eigenvalue weighted by Gasteiger charge is -2.33. The SMILES string of the molecule is CC(=O)NC(Cc1ccc(C)cc1)C(=O)NC1CCN(C(=O)Nc2ccccc2)CC1. The zero-order valence-corrected chi connectivity index (χ0v) is 18.1. The molecule has 7 heteroatoms. The molecular weight excluding hydrogens is 392 g/mol. The van der Waals surface area contributed by atoms with Crippen LogP contribution < -0.4 is 16.0 Å². The lowest BCUT2D eigenvalue weighted by Crippen LogP contribution is -2.53. The number of piperidine rings is 1. The predicted octanol–water partition coefficient (Wildman–Crippen LogP) is 2.85. The van der Waals surface area contributed by atoms with Gasteiger partial charge in [0.25, 0.3) is 0 Å². The van der Waals surface area contributed by atoms with Gasteiger partial charge in [0, 0.05) is 38.2 Å². The normalized spacial score (nSPS) is 15.1. The van der Waals surface area contributed by atoms with Crippen LogP contribution in [0.25, 0.3) is 0 Å². The van der Waals surface area contributed by atoms with Crippen molar-refractivity contribution < 1.29 is 14.4 Å². The lowest BCUT2D eigenvalue weighted by molar-refractivity contribution is -0.128. The van der Waals surface area contributed by atoms with E-state index < -0.39 is 6.04 Å². The van der Waals surface area contributed by atoms with Gasteiger partial charge < -0.3 is 20.9 Å². The summed E-state index contributed by atoms with van der Waals surface area (Å²) in [6, 6.07) is 16.5. The van der Waals surface area contributed by atoms with Crippen LogP contribution in [0.3, 0.4) is 0 Å². The summed E-state index contributed by atoms with van der Waals surface area (Å²) in [6.07, 6.45) is 1.78. The first-order chi connectivity index (χ1) is 14.9. The Bertz CT molecular complexity index is 891. The number of para-hydroxylation sites is 1. The van der Waals surface area contributed by atoms with Crippen molar-refractivity contribution in [3.8, 4) is 0 Å². The van der Waals surface area contributed by atoms with E-state index in [0.717, 1.165) is 16.8 Å². The number of benzene rings is 2. The summed E-state index contributed by atoms with van der Waals surface area (Å²) in [6.45, 7) is 4.55. The van der Waals surface area contributed by atoms with Crippen molar-refractivity contribution in [3.05, 3.63) is 65.7 Å². The minimum absolute atomic E-state index is 0.0254. The number of likely N-dealkylation sites (tertiary alicyclic amines) is 1. The van der Waals surface area contributed by atoms with Crippen LogP contribution >= 0.6 is 0 Å². The Kier molecular flexibility index (Phi) is 7.65. The molecule has 0 spiro atoms. The summed E-state index contributed by atoms with van der Waals surface area (Å²) in [7, 11) is 0. The quantitative estimate of drug-likeness (QED) is 0.669. The predicted molar refractivity (Wildman–Crippen MR) is 121 cm³/mol. The number of amides is 4. The van der Waals surface area contributed by atoms with E-state index >= 15 is 0 Å². The first-order valence-corrected chi connectivity index (χ1v) is 10.6. The number of nitrogens with zero attached hydrogens (tertiary/aromatic N) is 1. The van der Waals surface area contributed by atoms with Crippen LogP contribution in [0.4, 0.5) is 10.5 Å². The van der Waals surface area contributed by atoms with Gasteiger partial charge in [-0.1, -0.05) is 48.0 Å². The number of anilines is 1. The average molecular weight is 423 g/mol. The molecule has 2 aromatic rings. The van der Waals surface area contributed by atoms with Crippen LogP contribution in [0.5, 0.6) is 0 Å². The molecule has 1 aliphatic rings. The fourth-order valence-corrected chi connectivity index (χ4v) is 3.67. The summed E-state index contributed by atoms with van der Waals surface area (Å²) in [5.41, 5.74) is 2.90. The zero-order chi connectivity index (χ0) is 22.2. The standard InChI is InChI=1S/C24H30N4O3/c1-17-8-10-19(11-9-17)16-22(25-18(2)29)23(30)26-21-12-14-28(15-13-21)24(31)27-20-6-4-3-5-7-20/h3-11,21-22H,12-16H2,1-2H3,(H,25,29)(H,26,30)(H,27,31). The minimum atomic E-state index is -0.625. The van der Waals surface area contributed by atoms with E-state index in [1.165, 1.54) is 6.92 Å².